The molecule has 0 saturated carbocycles. The van der Waals surface area contributed by atoms with E-state index in [0.717, 1.165) is 0 Å². The molecule has 0 atom stereocenters. The number of rotatable bonds is 2. The lowest BCUT2D eigenvalue weighted by molar-refractivity contribution is -0.141. The second kappa shape index (κ2) is 4.25. The molecule has 0 spiro atoms. The number of carbonyl (C=O) groups excluding carboxylic acids is 3. The molecular weight excluding hydrogens is 224 g/mol. The maximum Gasteiger partial charge on any atom is 0.274 e. The summed E-state index contributed by atoms with van der Waals surface area (Å²) in [6, 6.07) is 5.89. The molecule has 0 aromatic heterocycles. The fourth-order valence-electron chi connectivity index (χ4n) is 1.53. The SMILES string of the molecule is O=C(NN1C(=O)CCC1=O)c1ccccc1O. The van der Waals surface area contributed by atoms with Gasteiger partial charge in [-0.15, -0.1) is 0 Å². The Morgan fingerprint density at radius 1 is 1.18 bits per heavy atom. The normalized spacial score (nSPS) is 15.2. The Morgan fingerprint density at radius 2 is 1.76 bits per heavy atom. The zero-order valence-electron chi connectivity index (χ0n) is 8.84. The van der Waals surface area contributed by atoms with E-state index in [1.165, 1.54) is 12.1 Å². The Morgan fingerprint density at radius 3 is 2.35 bits per heavy atom. The highest BCUT2D eigenvalue weighted by molar-refractivity contribution is 6.05. The van der Waals surface area contributed by atoms with Gasteiger partial charge in [-0.3, -0.25) is 19.8 Å². The van der Waals surface area contributed by atoms with Gasteiger partial charge in [0.1, 0.15) is 5.75 Å². The number of para-hydroxylation sites is 1. The number of nitrogens with one attached hydrogen (secondary N) is 1. The van der Waals surface area contributed by atoms with Crippen molar-refractivity contribution in [1.29, 1.82) is 0 Å². The number of imide groups is 1. The fraction of sp³-hybridized carbons (Fsp3) is 0.182. The summed E-state index contributed by atoms with van der Waals surface area (Å²) in [7, 11) is 0. The Hall–Kier alpha value is -2.37. The van der Waals surface area contributed by atoms with Crippen molar-refractivity contribution < 1.29 is 19.5 Å². The lowest BCUT2D eigenvalue weighted by atomic mass is 10.2. The summed E-state index contributed by atoms with van der Waals surface area (Å²) < 4.78 is 0. The lowest BCUT2D eigenvalue weighted by Crippen LogP contribution is -2.45. The molecule has 6 heteroatoms. The number of phenols is 1. The Labute approximate surface area is 96.8 Å². The fourth-order valence-corrected chi connectivity index (χ4v) is 1.53. The molecule has 0 bridgehead atoms. The first-order valence-corrected chi connectivity index (χ1v) is 5.04. The van der Waals surface area contributed by atoms with E-state index in [-0.39, 0.29) is 24.2 Å². The summed E-state index contributed by atoms with van der Waals surface area (Å²) in [5.74, 6) is -1.78. The Bertz CT molecular complexity index is 482. The zero-order valence-corrected chi connectivity index (χ0v) is 8.84. The molecular formula is C11H10N2O4. The largest absolute Gasteiger partial charge is 0.507 e. The van der Waals surface area contributed by atoms with E-state index in [2.05, 4.69) is 5.43 Å². The standard InChI is InChI=1S/C11H10N2O4/c14-8-4-2-1-3-7(8)11(17)12-13-9(15)5-6-10(13)16/h1-4,14H,5-6H2,(H,12,17). The molecule has 1 aromatic rings. The van der Waals surface area contributed by atoms with Crippen LogP contribution in [0.2, 0.25) is 0 Å². The van der Waals surface area contributed by atoms with Gasteiger partial charge in [-0.25, -0.2) is 0 Å². The monoisotopic (exact) mass is 234 g/mol. The highest BCUT2D eigenvalue weighted by atomic mass is 16.3. The average Bonchev–Trinajstić information content (AvgIpc) is 2.61. The highest BCUT2D eigenvalue weighted by Crippen LogP contribution is 2.16. The number of aromatic hydroxyl groups is 1. The van der Waals surface area contributed by atoms with Crippen LogP contribution in [0.4, 0.5) is 0 Å². The first-order valence-electron chi connectivity index (χ1n) is 5.04. The second-order valence-electron chi connectivity index (χ2n) is 3.58. The van der Waals surface area contributed by atoms with Crippen molar-refractivity contribution in [2.45, 2.75) is 12.8 Å². The van der Waals surface area contributed by atoms with E-state index in [1.807, 2.05) is 0 Å². The van der Waals surface area contributed by atoms with Gasteiger partial charge >= 0.3 is 0 Å². The van der Waals surface area contributed by atoms with Crippen LogP contribution >= 0.6 is 0 Å². The van der Waals surface area contributed by atoms with Crippen molar-refractivity contribution >= 4 is 17.7 Å². The zero-order chi connectivity index (χ0) is 12.4. The van der Waals surface area contributed by atoms with E-state index in [0.29, 0.717) is 5.01 Å². The molecule has 3 amide bonds. The van der Waals surface area contributed by atoms with Crippen LogP contribution in [0.25, 0.3) is 0 Å². The van der Waals surface area contributed by atoms with Crippen LogP contribution in [0.3, 0.4) is 0 Å². The van der Waals surface area contributed by atoms with Gasteiger partial charge < -0.3 is 5.11 Å². The lowest BCUT2D eigenvalue weighted by Gasteiger charge is -2.15. The van der Waals surface area contributed by atoms with Crippen LogP contribution in [-0.2, 0) is 9.59 Å². The van der Waals surface area contributed by atoms with Crippen molar-refractivity contribution in [3.05, 3.63) is 29.8 Å². The van der Waals surface area contributed by atoms with E-state index in [1.54, 1.807) is 12.1 Å². The summed E-state index contributed by atoms with van der Waals surface area (Å²) in [6.45, 7) is 0. The van der Waals surface area contributed by atoms with Gasteiger partial charge in [-0.1, -0.05) is 12.1 Å². The molecule has 0 aliphatic carbocycles. The number of amides is 3. The van der Waals surface area contributed by atoms with Crippen LogP contribution in [0.15, 0.2) is 24.3 Å². The summed E-state index contributed by atoms with van der Waals surface area (Å²) >= 11 is 0. The molecule has 6 nitrogen and oxygen atoms in total. The van der Waals surface area contributed by atoms with Crippen molar-refractivity contribution in [2.24, 2.45) is 0 Å². The Balaban J connectivity index is 2.15. The number of phenolic OH excluding ortho intramolecular Hbond substituents is 1. The first kappa shape index (κ1) is 11.1. The van der Waals surface area contributed by atoms with Gasteiger partial charge in [0.2, 0.25) is 11.8 Å². The molecule has 1 fully saturated rings. The number of hydrogen-bond acceptors (Lipinski definition) is 4. The summed E-state index contributed by atoms with van der Waals surface area (Å²) in [5, 5.41) is 10.1. The van der Waals surface area contributed by atoms with Crippen molar-refractivity contribution in [1.82, 2.24) is 10.4 Å². The number of carbonyl (C=O) groups is 3. The van der Waals surface area contributed by atoms with Crippen molar-refractivity contribution in [2.75, 3.05) is 0 Å². The minimum atomic E-state index is -0.688. The predicted octanol–water partition coefficient (Wildman–Crippen LogP) is 0.186. The van der Waals surface area contributed by atoms with Gasteiger partial charge in [-0.05, 0) is 12.1 Å². The predicted molar refractivity (Wildman–Crippen MR) is 56.7 cm³/mol. The summed E-state index contributed by atoms with van der Waals surface area (Å²) in [5.41, 5.74) is 2.18. The highest BCUT2D eigenvalue weighted by Gasteiger charge is 2.31. The van der Waals surface area contributed by atoms with Crippen molar-refractivity contribution in [3.63, 3.8) is 0 Å². The van der Waals surface area contributed by atoms with E-state index >= 15 is 0 Å². The number of nitrogens with zero attached hydrogens (tertiary/aromatic N) is 1. The third kappa shape index (κ3) is 2.10. The van der Waals surface area contributed by atoms with E-state index in [9.17, 15) is 19.5 Å². The quantitative estimate of drug-likeness (QED) is 0.715. The van der Waals surface area contributed by atoms with Crippen LogP contribution in [0, 0.1) is 0 Å². The first-order chi connectivity index (χ1) is 8.09. The molecule has 1 aromatic carbocycles. The topological polar surface area (TPSA) is 86.7 Å². The van der Waals surface area contributed by atoms with Crippen LogP contribution in [0.1, 0.15) is 23.2 Å². The average molecular weight is 234 g/mol. The number of benzene rings is 1. The molecule has 2 N–H and O–H groups in total. The third-order valence-corrected chi connectivity index (χ3v) is 2.41. The van der Waals surface area contributed by atoms with Crippen LogP contribution in [-0.4, -0.2) is 27.8 Å². The number of hydrazine groups is 1. The summed E-state index contributed by atoms with van der Waals surface area (Å²) in [6.07, 6.45) is 0.194. The number of hydrogen-bond donors (Lipinski definition) is 2. The van der Waals surface area contributed by atoms with Gasteiger partial charge in [0.15, 0.2) is 0 Å². The molecule has 0 unspecified atom stereocenters. The molecule has 1 heterocycles. The van der Waals surface area contributed by atoms with Crippen LogP contribution < -0.4 is 5.43 Å². The van der Waals surface area contributed by atoms with Crippen LogP contribution in [0.5, 0.6) is 5.75 Å². The molecule has 0 radical (unpaired) electrons. The minimum Gasteiger partial charge on any atom is -0.507 e. The third-order valence-electron chi connectivity index (χ3n) is 2.41. The molecule has 1 aliphatic heterocycles. The second-order valence-corrected chi connectivity index (χ2v) is 3.58. The minimum absolute atomic E-state index is 0.0139. The van der Waals surface area contributed by atoms with Gasteiger partial charge in [-0.2, -0.15) is 5.01 Å². The molecule has 88 valence electrons. The molecule has 1 saturated heterocycles. The maximum absolute atomic E-state index is 11.7. The Kier molecular flexibility index (Phi) is 2.78. The van der Waals surface area contributed by atoms with E-state index < -0.39 is 17.7 Å². The van der Waals surface area contributed by atoms with Gasteiger partial charge in [0, 0.05) is 12.8 Å². The smallest absolute Gasteiger partial charge is 0.274 e. The van der Waals surface area contributed by atoms with Gasteiger partial charge in [0.05, 0.1) is 5.56 Å². The molecule has 17 heavy (non-hydrogen) atoms. The van der Waals surface area contributed by atoms with Gasteiger partial charge in [0.25, 0.3) is 5.91 Å². The van der Waals surface area contributed by atoms with E-state index in [4.69, 9.17) is 0 Å². The van der Waals surface area contributed by atoms with Crippen molar-refractivity contribution in [3.8, 4) is 5.75 Å². The molecule has 2 rings (SSSR count). The summed E-state index contributed by atoms with van der Waals surface area (Å²) in [4.78, 5) is 34.2. The molecule has 1 aliphatic rings. The maximum atomic E-state index is 11.7.